The lowest BCUT2D eigenvalue weighted by Gasteiger charge is -2.19. The van der Waals surface area contributed by atoms with E-state index in [0.717, 1.165) is 0 Å². The molecule has 0 saturated carbocycles. The molecule has 6 heteroatoms. The Bertz CT molecular complexity index is 410. The minimum absolute atomic E-state index is 0.147. The summed E-state index contributed by atoms with van der Waals surface area (Å²) in [6.45, 7) is 0. The molecule has 1 aliphatic rings. The van der Waals surface area contributed by atoms with Crippen molar-refractivity contribution in [2.45, 2.75) is 18.8 Å². The highest BCUT2D eigenvalue weighted by Gasteiger charge is 2.26. The van der Waals surface area contributed by atoms with Gasteiger partial charge in [-0.3, -0.25) is 0 Å². The molecule has 1 aromatic heterocycles. The summed E-state index contributed by atoms with van der Waals surface area (Å²) in [6, 6.07) is 0.147. The van der Waals surface area contributed by atoms with Gasteiger partial charge in [-0.2, -0.15) is 0 Å². The molecule has 1 aromatic rings. The molecule has 0 radical (unpaired) electrons. The van der Waals surface area contributed by atoms with Crippen molar-refractivity contribution in [3.63, 3.8) is 0 Å². The molecule has 5 nitrogen and oxygen atoms in total. The molecule has 0 amide bonds. The van der Waals surface area contributed by atoms with Gasteiger partial charge in [-0.15, -0.1) is 0 Å². The molecule has 0 unspecified atom stereocenters. The molecule has 78 valence electrons. The number of hydrogen-bond donors (Lipinski definition) is 1. The minimum Gasteiger partial charge on any atom is -0.429 e. The van der Waals surface area contributed by atoms with Crippen molar-refractivity contribution in [2.75, 3.05) is 17.2 Å². The van der Waals surface area contributed by atoms with Crippen molar-refractivity contribution in [1.29, 1.82) is 0 Å². The summed E-state index contributed by atoms with van der Waals surface area (Å²) in [5.74, 6) is 1.33. The number of nitrogen functional groups attached to an aromatic ring is 1. The van der Waals surface area contributed by atoms with E-state index in [1.54, 1.807) is 6.20 Å². The van der Waals surface area contributed by atoms with Crippen LogP contribution >= 0.6 is 0 Å². The number of hydrogen-bond acceptors (Lipinski definition) is 5. The van der Waals surface area contributed by atoms with Crippen LogP contribution in [0.2, 0.25) is 0 Å². The van der Waals surface area contributed by atoms with Crippen LogP contribution in [-0.2, 0) is 9.84 Å². The van der Waals surface area contributed by atoms with Crippen LogP contribution in [-0.4, -0.2) is 24.9 Å². The molecule has 2 heterocycles. The largest absolute Gasteiger partial charge is 0.429 e. The smallest absolute Gasteiger partial charge is 0.292 e. The lowest BCUT2D eigenvalue weighted by atomic mass is 10.0. The van der Waals surface area contributed by atoms with E-state index in [1.165, 1.54) is 0 Å². The van der Waals surface area contributed by atoms with Crippen molar-refractivity contribution < 1.29 is 12.8 Å². The van der Waals surface area contributed by atoms with E-state index in [2.05, 4.69) is 4.98 Å². The fourth-order valence-electron chi connectivity index (χ4n) is 1.66. The standard InChI is InChI=1S/C8H12N2O3S/c9-8-10-5-7(13-8)6-1-3-14(11,12)4-2-6/h5-6H,1-4H2,(H2,9,10). The summed E-state index contributed by atoms with van der Waals surface area (Å²) < 4.78 is 27.5. The summed E-state index contributed by atoms with van der Waals surface area (Å²) >= 11 is 0. The average molecular weight is 216 g/mol. The van der Waals surface area contributed by atoms with Crippen LogP contribution in [0.4, 0.5) is 6.01 Å². The van der Waals surface area contributed by atoms with E-state index in [0.29, 0.717) is 18.6 Å². The quantitative estimate of drug-likeness (QED) is 0.740. The molecule has 2 N–H and O–H groups in total. The number of oxazole rings is 1. The van der Waals surface area contributed by atoms with E-state index in [9.17, 15) is 8.42 Å². The van der Waals surface area contributed by atoms with Crippen LogP contribution in [0.15, 0.2) is 10.6 Å². The molecule has 2 rings (SSSR count). The highest BCUT2D eigenvalue weighted by Crippen LogP contribution is 2.29. The number of rotatable bonds is 1. The molecule has 0 aromatic carbocycles. The van der Waals surface area contributed by atoms with Crippen LogP contribution in [0.1, 0.15) is 24.5 Å². The zero-order valence-corrected chi connectivity index (χ0v) is 8.46. The number of nitrogens with zero attached hydrogens (tertiary/aromatic N) is 1. The normalized spacial score (nSPS) is 22.3. The van der Waals surface area contributed by atoms with Gasteiger partial charge in [-0.1, -0.05) is 0 Å². The van der Waals surface area contributed by atoms with Crippen molar-refractivity contribution in [2.24, 2.45) is 0 Å². The summed E-state index contributed by atoms with van der Waals surface area (Å²) in [5, 5.41) is 0. The lowest BCUT2D eigenvalue weighted by molar-refractivity contribution is 0.447. The van der Waals surface area contributed by atoms with Crippen molar-refractivity contribution in [3.05, 3.63) is 12.0 Å². The van der Waals surface area contributed by atoms with Crippen LogP contribution in [0, 0.1) is 0 Å². The molecule has 1 fully saturated rings. The van der Waals surface area contributed by atoms with Gasteiger partial charge in [0.2, 0.25) is 0 Å². The van der Waals surface area contributed by atoms with Crippen molar-refractivity contribution >= 4 is 15.9 Å². The first-order valence-corrected chi connectivity index (χ1v) is 6.30. The SMILES string of the molecule is Nc1ncc(C2CCS(=O)(=O)CC2)o1. The van der Waals surface area contributed by atoms with E-state index in [-0.39, 0.29) is 23.4 Å². The first-order valence-electron chi connectivity index (χ1n) is 4.48. The average Bonchev–Trinajstić information content (AvgIpc) is 2.52. The van der Waals surface area contributed by atoms with E-state index >= 15 is 0 Å². The van der Waals surface area contributed by atoms with Crippen LogP contribution in [0.5, 0.6) is 0 Å². The van der Waals surface area contributed by atoms with Gasteiger partial charge in [0.15, 0.2) is 0 Å². The third-order valence-electron chi connectivity index (χ3n) is 2.50. The Kier molecular flexibility index (Phi) is 2.22. The Hall–Kier alpha value is -1.04. The fourth-order valence-corrected chi connectivity index (χ4v) is 3.16. The number of aromatic nitrogens is 1. The Balaban J connectivity index is 2.09. The zero-order valence-electron chi connectivity index (χ0n) is 7.64. The van der Waals surface area contributed by atoms with Crippen molar-refractivity contribution in [3.8, 4) is 0 Å². The topological polar surface area (TPSA) is 86.2 Å². The molecule has 1 saturated heterocycles. The van der Waals surface area contributed by atoms with Gasteiger partial charge < -0.3 is 10.2 Å². The summed E-state index contributed by atoms with van der Waals surface area (Å²) in [7, 11) is -2.81. The second-order valence-electron chi connectivity index (χ2n) is 3.53. The predicted octanol–water partition coefficient (Wildman–Crippen LogP) is 0.549. The highest BCUT2D eigenvalue weighted by molar-refractivity contribution is 7.91. The van der Waals surface area contributed by atoms with Crippen LogP contribution in [0.3, 0.4) is 0 Å². The number of sulfone groups is 1. The summed E-state index contributed by atoms with van der Waals surface area (Å²) in [6.07, 6.45) is 2.80. The monoisotopic (exact) mass is 216 g/mol. The van der Waals surface area contributed by atoms with E-state index < -0.39 is 9.84 Å². The molecular weight excluding hydrogens is 204 g/mol. The molecule has 0 bridgehead atoms. The maximum atomic E-state index is 11.2. The first kappa shape index (κ1) is 9.51. The maximum Gasteiger partial charge on any atom is 0.292 e. The lowest BCUT2D eigenvalue weighted by Crippen LogP contribution is -2.21. The second-order valence-corrected chi connectivity index (χ2v) is 5.83. The van der Waals surface area contributed by atoms with E-state index in [1.807, 2.05) is 0 Å². The summed E-state index contributed by atoms with van der Waals surface area (Å²) in [5.41, 5.74) is 5.34. The highest BCUT2D eigenvalue weighted by atomic mass is 32.2. The van der Waals surface area contributed by atoms with E-state index in [4.69, 9.17) is 10.2 Å². The fraction of sp³-hybridized carbons (Fsp3) is 0.625. The second kappa shape index (κ2) is 3.27. The zero-order chi connectivity index (χ0) is 10.2. The van der Waals surface area contributed by atoms with Gasteiger partial charge in [0.05, 0.1) is 17.7 Å². The van der Waals surface area contributed by atoms with Gasteiger partial charge in [0.25, 0.3) is 6.01 Å². The Labute approximate surface area is 82.2 Å². The molecule has 14 heavy (non-hydrogen) atoms. The minimum atomic E-state index is -2.81. The molecule has 0 atom stereocenters. The number of anilines is 1. The van der Waals surface area contributed by atoms with Gasteiger partial charge in [-0.05, 0) is 12.8 Å². The molecule has 0 aliphatic carbocycles. The van der Waals surface area contributed by atoms with Crippen molar-refractivity contribution in [1.82, 2.24) is 4.98 Å². The van der Waals surface area contributed by atoms with Gasteiger partial charge >= 0.3 is 0 Å². The molecule has 0 spiro atoms. The number of nitrogens with two attached hydrogens (primary N) is 1. The van der Waals surface area contributed by atoms with Crippen LogP contribution in [0.25, 0.3) is 0 Å². The Morgan fingerprint density at radius 2 is 2.07 bits per heavy atom. The first-order chi connectivity index (χ1) is 6.57. The predicted molar refractivity (Wildman–Crippen MR) is 51.5 cm³/mol. The Morgan fingerprint density at radius 3 is 2.57 bits per heavy atom. The van der Waals surface area contributed by atoms with Crippen LogP contribution < -0.4 is 5.73 Å². The van der Waals surface area contributed by atoms with Gasteiger partial charge in [0.1, 0.15) is 15.6 Å². The molecule has 1 aliphatic heterocycles. The maximum absolute atomic E-state index is 11.2. The third kappa shape index (κ3) is 1.89. The molecular formula is C8H12N2O3S. The van der Waals surface area contributed by atoms with Gasteiger partial charge in [-0.25, -0.2) is 13.4 Å². The summed E-state index contributed by atoms with van der Waals surface area (Å²) in [4.78, 5) is 3.79. The third-order valence-corrected chi connectivity index (χ3v) is 4.21. The van der Waals surface area contributed by atoms with Gasteiger partial charge in [0, 0.05) is 5.92 Å². The Morgan fingerprint density at radius 1 is 1.43 bits per heavy atom.